The fourth-order valence-corrected chi connectivity index (χ4v) is 9.59. The second kappa shape index (κ2) is 13.5. The number of guanidine groups is 1. The smallest absolute Gasteiger partial charge is 0.262 e. The van der Waals surface area contributed by atoms with Crippen molar-refractivity contribution in [2.75, 3.05) is 44.3 Å². The number of aliphatic imine (C=N–C) groups is 1. The molecule has 0 spiro atoms. The van der Waals surface area contributed by atoms with Gasteiger partial charge in [0.15, 0.2) is 5.96 Å². The molecule has 2 aromatic carbocycles. The first-order chi connectivity index (χ1) is 23.0. The van der Waals surface area contributed by atoms with E-state index in [1.165, 1.54) is 19.3 Å². The summed E-state index contributed by atoms with van der Waals surface area (Å²) in [5.41, 5.74) is 2.80. The number of anilines is 1. The van der Waals surface area contributed by atoms with Crippen LogP contribution in [0, 0.1) is 35.0 Å². The van der Waals surface area contributed by atoms with Crippen LogP contribution >= 0.6 is 23.2 Å². The third-order valence-corrected chi connectivity index (χ3v) is 12.5. The van der Waals surface area contributed by atoms with Gasteiger partial charge in [-0.3, -0.25) is 9.36 Å². The van der Waals surface area contributed by atoms with Gasteiger partial charge in [-0.05, 0) is 96.6 Å². The lowest BCUT2D eigenvalue weighted by molar-refractivity contribution is -0.112. The quantitative estimate of drug-likeness (QED) is 0.214. The van der Waals surface area contributed by atoms with E-state index in [1.807, 2.05) is 30.3 Å². The maximum absolute atomic E-state index is 14.1. The number of aryl methyl sites for hydroxylation is 1. The number of nitrogens with one attached hydrogen (secondary N) is 1. The molecule has 2 unspecified atom stereocenters. The number of halogens is 2. The van der Waals surface area contributed by atoms with Gasteiger partial charge in [0.05, 0.1) is 29.8 Å². The normalized spacial score (nSPS) is 28.8. The van der Waals surface area contributed by atoms with E-state index in [-0.39, 0.29) is 5.56 Å². The van der Waals surface area contributed by atoms with Crippen LogP contribution in [0.1, 0.15) is 59.4 Å². The van der Waals surface area contributed by atoms with Gasteiger partial charge in [0.2, 0.25) is 5.95 Å². The first kappa shape index (κ1) is 33.7. The molecule has 3 aromatic rings. The number of ether oxygens (including phenoxy) is 1. The number of hydrogen-bond acceptors (Lipinski definition) is 5. The Morgan fingerprint density at radius 1 is 1.02 bits per heavy atom. The van der Waals surface area contributed by atoms with E-state index in [0.29, 0.717) is 95.4 Å². The topological polar surface area (TPSA) is 75.0 Å². The van der Waals surface area contributed by atoms with Gasteiger partial charge in [0.1, 0.15) is 0 Å². The SMILES string of the molecule is CC1CC(C)CN(C(=Nc2ccc3c(=O)n(CCc4ccc(Cl)cc4Cl)c(N4CCOCC4)nc3c2)N[C@H]2C[C@H]3C[C@H]([C@H]2C)C3(C)C)C1. The van der Waals surface area contributed by atoms with Gasteiger partial charge in [0.25, 0.3) is 5.56 Å². The van der Waals surface area contributed by atoms with Crippen LogP contribution in [-0.2, 0) is 17.7 Å². The minimum atomic E-state index is -0.0583. The standard InChI is InChI=1S/C38H50Cl2N6O2/c1-23-16-24(2)22-45(21-23)36(42-33-18-27-17-31(25(33)3)38(27,4)5)41-29-8-9-30-34(20-29)43-37(44-12-14-48-15-13-44)46(35(30)47)11-10-26-6-7-28(39)19-32(26)40/h6-9,19-20,23-25,27,31,33H,10-18,21-22H2,1-5H3,(H,41,42)/t23?,24?,25-,27-,31-,33+/m1/s1. The third kappa shape index (κ3) is 6.57. The summed E-state index contributed by atoms with van der Waals surface area (Å²) in [4.78, 5) is 29.2. The summed E-state index contributed by atoms with van der Waals surface area (Å²) in [6.07, 6.45) is 4.36. The first-order valence-electron chi connectivity index (χ1n) is 17.9. The van der Waals surface area contributed by atoms with Crippen molar-refractivity contribution in [2.24, 2.45) is 40.0 Å². The van der Waals surface area contributed by atoms with Gasteiger partial charge < -0.3 is 19.9 Å². The summed E-state index contributed by atoms with van der Waals surface area (Å²) in [6.45, 7) is 17.0. The van der Waals surface area contributed by atoms with Crippen LogP contribution in [0.4, 0.5) is 11.6 Å². The zero-order valence-electron chi connectivity index (χ0n) is 29.0. The van der Waals surface area contributed by atoms with Crippen LogP contribution in [-0.4, -0.2) is 65.8 Å². The van der Waals surface area contributed by atoms with Gasteiger partial charge in [-0.15, -0.1) is 0 Å². The van der Waals surface area contributed by atoms with Crippen molar-refractivity contribution in [1.82, 2.24) is 19.8 Å². The average molecular weight is 694 g/mol. The van der Waals surface area contributed by atoms with Crippen LogP contribution in [0.3, 0.4) is 0 Å². The Hall–Kier alpha value is -2.81. The van der Waals surface area contributed by atoms with Gasteiger partial charge in [-0.2, -0.15) is 0 Å². The number of aromatic nitrogens is 2. The highest BCUT2D eigenvalue weighted by atomic mass is 35.5. The molecule has 5 fully saturated rings. The number of fused-ring (bicyclic) bond motifs is 3. The van der Waals surface area contributed by atoms with E-state index >= 15 is 0 Å². The van der Waals surface area contributed by atoms with Gasteiger partial charge in [-0.25, -0.2) is 9.98 Å². The van der Waals surface area contributed by atoms with Crippen LogP contribution in [0.5, 0.6) is 0 Å². The number of nitrogens with zero attached hydrogens (tertiary/aromatic N) is 5. The van der Waals surface area contributed by atoms with E-state index in [4.69, 9.17) is 37.9 Å². The zero-order chi connectivity index (χ0) is 33.7. The molecule has 8 rings (SSSR count). The Labute approximate surface area is 294 Å². The van der Waals surface area contributed by atoms with E-state index in [2.05, 4.69) is 49.7 Å². The van der Waals surface area contributed by atoms with Gasteiger partial charge >= 0.3 is 0 Å². The molecular weight excluding hydrogens is 643 g/mol. The molecule has 2 saturated heterocycles. The summed E-state index contributed by atoms with van der Waals surface area (Å²) in [7, 11) is 0. The average Bonchev–Trinajstić information content (AvgIpc) is 3.05. The van der Waals surface area contributed by atoms with E-state index in [9.17, 15) is 4.79 Å². The number of benzene rings is 2. The van der Waals surface area contributed by atoms with Crippen molar-refractivity contribution in [2.45, 2.75) is 72.9 Å². The Bertz CT molecular complexity index is 1740. The fourth-order valence-electron chi connectivity index (χ4n) is 9.09. The molecular formula is C38H50Cl2N6O2. The van der Waals surface area contributed by atoms with Crippen LogP contribution in [0.2, 0.25) is 10.0 Å². The van der Waals surface area contributed by atoms with Crippen molar-refractivity contribution in [3.63, 3.8) is 0 Å². The molecule has 2 bridgehead atoms. The Morgan fingerprint density at radius 3 is 2.46 bits per heavy atom. The molecule has 3 heterocycles. The molecule has 1 aromatic heterocycles. The largest absolute Gasteiger partial charge is 0.378 e. The molecule has 3 saturated carbocycles. The Morgan fingerprint density at radius 2 is 1.77 bits per heavy atom. The van der Waals surface area contributed by atoms with Crippen LogP contribution < -0.4 is 15.8 Å². The fraction of sp³-hybridized carbons (Fsp3) is 0.605. The predicted molar refractivity (Wildman–Crippen MR) is 197 cm³/mol. The number of rotatable bonds is 6. The van der Waals surface area contributed by atoms with E-state index in [0.717, 1.165) is 42.1 Å². The van der Waals surface area contributed by atoms with Gasteiger partial charge in [0, 0.05) is 48.8 Å². The van der Waals surface area contributed by atoms with Crippen LogP contribution in [0.25, 0.3) is 10.9 Å². The van der Waals surface area contributed by atoms with Crippen molar-refractivity contribution >= 4 is 51.7 Å². The molecule has 0 radical (unpaired) electrons. The van der Waals surface area contributed by atoms with Crippen molar-refractivity contribution < 1.29 is 4.74 Å². The van der Waals surface area contributed by atoms with E-state index < -0.39 is 0 Å². The summed E-state index contributed by atoms with van der Waals surface area (Å²) in [6, 6.07) is 11.8. The van der Waals surface area contributed by atoms with Crippen molar-refractivity contribution in [1.29, 1.82) is 0 Å². The molecule has 6 atom stereocenters. The van der Waals surface area contributed by atoms with Crippen molar-refractivity contribution in [3.05, 3.63) is 62.4 Å². The lowest BCUT2D eigenvalue weighted by Gasteiger charge is -2.62. The zero-order valence-corrected chi connectivity index (χ0v) is 30.5. The highest BCUT2D eigenvalue weighted by molar-refractivity contribution is 6.35. The maximum atomic E-state index is 14.1. The summed E-state index contributed by atoms with van der Waals surface area (Å²) in [5, 5.41) is 5.77. The lowest BCUT2D eigenvalue weighted by Crippen LogP contribution is -2.62. The highest BCUT2D eigenvalue weighted by Crippen LogP contribution is 2.61. The minimum absolute atomic E-state index is 0.0583. The highest BCUT2D eigenvalue weighted by Gasteiger charge is 2.56. The third-order valence-electron chi connectivity index (χ3n) is 11.9. The molecule has 3 aliphatic carbocycles. The number of hydrogen-bond donors (Lipinski definition) is 1. The molecule has 0 amide bonds. The Kier molecular flexibility index (Phi) is 9.46. The monoisotopic (exact) mass is 692 g/mol. The number of piperidine rings is 1. The molecule has 1 N–H and O–H groups in total. The Balaban J connectivity index is 1.24. The molecule has 258 valence electrons. The number of likely N-dealkylation sites (tertiary alicyclic amines) is 1. The van der Waals surface area contributed by atoms with Crippen LogP contribution in [0.15, 0.2) is 46.2 Å². The first-order valence-corrected chi connectivity index (χ1v) is 18.6. The maximum Gasteiger partial charge on any atom is 0.262 e. The molecule has 10 heteroatoms. The van der Waals surface area contributed by atoms with Gasteiger partial charge in [-0.1, -0.05) is 63.9 Å². The molecule has 2 aliphatic heterocycles. The molecule has 48 heavy (non-hydrogen) atoms. The summed E-state index contributed by atoms with van der Waals surface area (Å²) < 4.78 is 7.44. The lowest BCUT2D eigenvalue weighted by atomic mass is 9.45. The number of morpholine rings is 1. The summed E-state index contributed by atoms with van der Waals surface area (Å²) >= 11 is 12.6. The minimum Gasteiger partial charge on any atom is -0.378 e. The summed E-state index contributed by atoms with van der Waals surface area (Å²) in [5.74, 6) is 4.93. The van der Waals surface area contributed by atoms with E-state index in [1.54, 1.807) is 10.6 Å². The second-order valence-corrected chi connectivity index (χ2v) is 16.5. The predicted octanol–water partition coefficient (Wildman–Crippen LogP) is 7.41. The second-order valence-electron chi connectivity index (χ2n) is 15.6. The van der Waals surface area contributed by atoms with Crippen molar-refractivity contribution in [3.8, 4) is 0 Å². The molecule has 5 aliphatic rings. The molecule has 8 nitrogen and oxygen atoms in total.